The highest BCUT2D eigenvalue weighted by atomic mass is 32.1. The summed E-state index contributed by atoms with van der Waals surface area (Å²) in [5.74, 6) is -1.09. The number of hydrogen-bond donors (Lipinski definition) is 3. The van der Waals surface area contributed by atoms with E-state index >= 15 is 0 Å². The van der Waals surface area contributed by atoms with Gasteiger partial charge in [-0.05, 0) is 31.2 Å². The van der Waals surface area contributed by atoms with E-state index in [1.54, 1.807) is 18.2 Å². The maximum Gasteiger partial charge on any atom is 0.325 e. The van der Waals surface area contributed by atoms with Crippen LogP contribution < -0.4 is 16.0 Å². The first-order valence-corrected chi connectivity index (χ1v) is 8.55. The average molecular weight is 370 g/mol. The van der Waals surface area contributed by atoms with Crippen molar-refractivity contribution in [2.24, 2.45) is 0 Å². The summed E-state index contributed by atoms with van der Waals surface area (Å²) >= 11 is 1.10. The SMILES string of the molecule is Cc1ccc(NC(=O)Nc2nc(C(=O)Nc3ccccc3F)cs2)cc1. The molecule has 3 N–H and O–H groups in total. The Morgan fingerprint density at radius 2 is 1.73 bits per heavy atom. The number of aryl methyl sites for hydroxylation is 1. The number of thiazole rings is 1. The topological polar surface area (TPSA) is 83.1 Å². The van der Waals surface area contributed by atoms with Gasteiger partial charge in [0.25, 0.3) is 5.91 Å². The van der Waals surface area contributed by atoms with Gasteiger partial charge >= 0.3 is 6.03 Å². The van der Waals surface area contributed by atoms with Crippen molar-refractivity contribution in [2.75, 3.05) is 16.0 Å². The normalized spacial score (nSPS) is 10.2. The van der Waals surface area contributed by atoms with Crippen molar-refractivity contribution in [2.45, 2.75) is 6.92 Å². The van der Waals surface area contributed by atoms with Crippen LogP contribution in [0.3, 0.4) is 0 Å². The van der Waals surface area contributed by atoms with Crippen LogP contribution in [0, 0.1) is 12.7 Å². The number of halogens is 1. The average Bonchev–Trinajstić information content (AvgIpc) is 3.07. The lowest BCUT2D eigenvalue weighted by Crippen LogP contribution is -2.19. The van der Waals surface area contributed by atoms with Crippen LogP contribution in [0.5, 0.6) is 0 Å². The molecule has 6 nitrogen and oxygen atoms in total. The highest BCUT2D eigenvalue weighted by molar-refractivity contribution is 7.14. The fourth-order valence-electron chi connectivity index (χ4n) is 2.08. The summed E-state index contributed by atoms with van der Waals surface area (Å²) < 4.78 is 13.6. The number of nitrogens with zero attached hydrogens (tertiary/aromatic N) is 1. The Morgan fingerprint density at radius 1 is 1.00 bits per heavy atom. The van der Waals surface area contributed by atoms with Crippen molar-refractivity contribution in [1.29, 1.82) is 0 Å². The zero-order chi connectivity index (χ0) is 18.5. The summed E-state index contributed by atoms with van der Waals surface area (Å²) in [4.78, 5) is 28.1. The van der Waals surface area contributed by atoms with Crippen LogP contribution in [0.1, 0.15) is 16.1 Å². The number of aromatic nitrogens is 1. The number of para-hydroxylation sites is 1. The molecule has 0 spiro atoms. The molecule has 3 aromatic rings. The Kier molecular flexibility index (Phi) is 5.23. The van der Waals surface area contributed by atoms with Crippen LogP contribution in [0.2, 0.25) is 0 Å². The van der Waals surface area contributed by atoms with Crippen LogP contribution in [0.15, 0.2) is 53.9 Å². The fraction of sp³-hybridized carbons (Fsp3) is 0.0556. The number of anilines is 3. The number of amides is 3. The van der Waals surface area contributed by atoms with Gasteiger partial charge in [0.05, 0.1) is 5.69 Å². The number of carbonyl (C=O) groups excluding carboxylic acids is 2. The van der Waals surface area contributed by atoms with Gasteiger partial charge in [0.1, 0.15) is 11.5 Å². The summed E-state index contributed by atoms with van der Waals surface area (Å²) in [6, 6.07) is 12.7. The van der Waals surface area contributed by atoms with Gasteiger partial charge < -0.3 is 10.6 Å². The molecule has 0 bridgehead atoms. The number of benzene rings is 2. The van der Waals surface area contributed by atoms with E-state index in [2.05, 4.69) is 20.9 Å². The maximum absolute atomic E-state index is 13.6. The molecule has 3 rings (SSSR count). The standard InChI is InChI=1S/C18H15FN4O2S/c1-11-6-8-12(9-7-11)20-17(25)23-18-22-15(10-26-18)16(24)21-14-5-3-2-4-13(14)19/h2-10H,1H3,(H,21,24)(H2,20,22,23,25). The highest BCUT2D eigenvalue weighted by Gasteiger charge is 2.14. The Morgan fingerprint density at radius 3 is 2.46 bits per heavy atom. The van der Waals surface area contributed by atoms with E-state index in [-0.39, 0.29) is 16.5 Å². The van der Waals surface area contributed by atoms with E-state index in [0.717, 1.165) is 16.9 Å². The first-order chi connectivity index (χ1) is 12.5. The molecule has 0 aliphatic rings. The summed E-state index contributed by atoms with van der Waals surface area (Å²) in [6.45, 7) is 1.95. The second-order valence-electron chi connectivity index (χ2n) is 5.42. The first kappa shape index (κ1) is 17.6. The monoisotopic (exact) mass is 370 g/mol. The molecule has 0 atom stereocenters. The fourth-order valence-corrected chi connectivity index (χ4v) is 2.77. The van der Waals surface area contributed by atoms with Gasteiger partial charge in [0.15, 0.2) is 5.13 Å². The molecule has 0 aliphatic carbocycles. The van der Waals surface area contributed by atoms with E-state index in [1.165, 1.54) is 23.6 Å². The molecule has 8 heteroatoms. The molecule has 0 radical (unpaired) electrons. The Bertz CT molecular complexity index is 940. The van der Waals surface area contributed by atoms with Gasteiger partial charge in [0.2, 0.25) is 0 Å². The van der Waals surface area contributed by atoms with Gasteiger partial charge in [-0.1, -0.05) is 29.8 Å². The molecule has 2 aromatic carbocycles. The lowest BCUT2D eigenvalue weighted by atomic mass is 10.2. The maximum atomic E-state index is 13.6. The summed E-state index contributed by atoms with van der Waals surface area (Å²) in [5.41, 5.74) is 1.88. The first-order valence-electron chi connectivity index (χ1n) is 7.67. The van der Waals surface area contributed by atoms with Crippen molar-refractivity contribution >= 4 is 39.8 Å². The van der Waals surface area contributed by atoms with Gasteiger partial charge in [-0.2, -0.15) is 0 Å². The lowest BCUT2D eigenvalue weighted by molar-refractivity contribution is 0.102. The molecule has 0 saturated heterocycles. The molecule has 3 amide bonds. The summed E-state index contributed by atoms with van der Waals surface area (Å²) in [7, 11) is 0. The zero-order valence-corrected chi connectivity index (χ0v) is 14.6. The lowest BCUT2D eigenvalue weighted by Gasteiger charge is -2.05. The van der Waals surface area contributed by atoms with E-state index in [1.807, 2.05) is 19.1 Å². The van der Waals surface area contributed by atoms with Crippen LogP contribution in [-0.2, 0) is 0 Å². The van der Waals surface area contributed by atoms with Gasteiger partial charge in [-0.3, -0.25) is 10.1 Å². The quantitative estimate of drug-likeness (QED) is 0.633. The molecule has 0 fully saturated rings. The van der Waals surface area contributed by atoms with Gasteiger partial charge in [0, 0.05) is 11.1 Å². The minimum Gasteiger partial charge on any atom is -0.318 e. The second-order valence-corrected chi connectivity index (χ2v) is 6.28. The van der Waals surface area contributed by atoms with Gasteiger partial charge in [-0.25, -0.2) is 14.2 Å². The number of carbonyl (C=O) groups is 2. The number of rotatable bonds is 4. The zero-order valence-electron chi connectivity index (χ0n) is 13.7. The molecular formula is C18H15FN4O2S. The predicted molar refractivity (Wildman–Crippen MR) is 100 cm³/mol. The molecule has 0 aliphatic heterocycles. The van der Waals surface area contributed by atoms with Crippen LogP contribution in [0.4, 0.5) is 25.7 Å². The number of urea groups is 1. The van der Waals surface area contributed by atoms with Crippen molar-refractivity contribution in [3.8, 4) is 0 Å². The Hall–Kier alpha value is -3.26. The third kappa shape index (κ3) is 4.42. The van der Waals surface area contributed by atoms with Crippen molar-refractivity contribution in [1.82, 2.24) is 4.98 Å². The van der Waals surface area contributed by atoms with Crippen LogP contribution in [0.25, 0.3) is 0 Å². The van der Waals surface area contributed by atoms with Crippen LogP contribution in [-0.4, -0.2) is 16.9 Å². The second kappa shape index (κ2) is 7.75. The smallest absolute Gasteiger partial charge is 0.318 e. The molecular weight excluding hydrogens is 355 g/mol. The summed E-state index contributed by atoms with van der Waals surface area (Å²) in [5, 5.41) is 9.41. The molecule has 0 unspecified atom stereocenters. The molecule has 1 heterocycles. The van der Waals surface area contributed by atoms with Crippen LogP contribution >= 0.6 is 11.3 Å². The molecule has 0 saturated carbocycles. The summed E-state index contributed by atoms with van der Waals surface area (Å²) in [6.07, 6.45) is 0. The molecule has 26 heavy (non-hydrogen) atoms. The van der Waals surface area contributed by atoms with Crippen molar-refractivity contribution in [3.05, 3.63) is 71.0 Å². The van der Waals surface area contributed by atoms with Gasteiger partial charge in [-0.15, -0.1) is 11.3 Å². The van der Waals surface area contributed by atoms with E-state index < -0.39 is 17.8 Å². The minimum atomic E-state index is -0.557. The number of hydrogen-bond acceptors (Lipinski definition) is 4. The molecule has 132 valence electrons. The Balaban J connectivity index is 1.60. The highest BCUT2D eigenvalue weighted by Crippen LogP contribution is 2.19. The largest absolute Gasteiger partial charge is 0.325 e. The van der Waals surface area contributed by atoms with Crippen molar-refractivity contribution < 1.29 is 14.0 Å². The van der Waals surface area contributed by atoms with Crippen molar-refractivity contribution in [3.63, 3.8) is 0 Å². The van der Waals surface area contributed by atoms with E-state index in [0.29, 0.717) is 5.69 Å². The minimum absolute atomic E-state index is 0.0668. The Labute approximate surface area is 153 Å². The van der Waals surface area contributed by atoms with E-state index in [4.69, 9.17) is 0 Å². The molecule has 1 aromatic heterocycles. The predicted octanol–water partition coefficient (Wildman–Crippen LogP) is 4.49. The third-order valence-corrected chi connectivity index (χ3v) is 4.15. The van der Waals surface area contributed by atoms with E-state index in [9.17, 15) is 14.0 Å². The third-order valence-electron chi connectivity index (χ3n) is 3.39. The number of nitrogens with one attached hydrogen (secondary N) is 3.